The Morgan fingerprint density at radius 2 is 2.00 bits per heavy atom. The molecule has 1 aromatic rings. The highest BCUT2D eigenvalue weighted by Gasteiger charge is 2.61. The minimum atomic E-state index is -3.85. The molecule has 1 saturated carbocycles. The van der Waals surface area contributed by atoms with Crippen LogP contribution in [0.5, 0.6) is 0 Å². The molecule has 1 unspecified atom stereocenters. The molecule has 0 aromatic heterocycles. The van der Waals surface area contributed by atoms with Crippen molar-refractivity contribution in [1.29, 1.82) is 0 Å². The third kappa shape index (κ3) is 3.03. The largest absolute Gasteiger partial charge is 0.371 e. The van der Waals surface area contributed by atoms with Gasteiger partial charge in [-0.15, -0.1) is 18.0 Å². The molecule has 0 aliphatic heterocycles. The van der Waals surface area contributed by atoms with Crippen molar-refractivity contribution in [2.45, 2.75) is 30.9 Å². The van der Waals surface area contributed by atoms with E-state index in [2.05, 4.69) is 11.6 Å². The van der Waals surface area contributed by atoms with Crippen LogP contribution < -0.4 is 5.73 Å². The van der Waals surface area contributed by atoms with E-state index < -0.39 is 28.8 Å². The molecule has 6 heteroatoms. The highest BCUT2D eigenvalue weighted by atomic mass is 35.5. The highest BCUT2D eigenvalue weighted by Crippen LogP contribution is 2.52. The third-order valence-electron chi connectivity index (χ3n) is 3.50. The lowest BCUT2D eigenvalue weighted by Gasteiger charge is -2.32. The van der Waals surface area contributed by atoms with Gasteiger partial charge in [-0.3, -0.25) is 0 Å². The zero-order valence-electron chi connectivity index (χ0n) is 11.5. The molecule has 21 heavy (non-hydrogen) atoms. The van der Waals surface area contributed by atoms with Crippen LogP contribution >= 0.6 is 11.6 Å². The van der Waals surface area contributed by atoms with Crippen LogP contribution in [0.15, 0.2) is 18.2 Å². The lowest BCUT2D eigenvalue weighted by molar-refractivity contribution is -0.168. The topological polar surface area (TPSA) is 46.2 Å². The number of hydrogen-bond acceptors (Lipinski definition) is 2. The van der Waals surface area contributed by atoms with Gasteiger partial charge >= 0.3 is 5.92 Å². The van der Waals surface area contributed by atoms with Gasteiger partial charge in [0.05, 0.1) is 5.56 Å². The quantitative estimate of drug-likeness (QED) is 0.662. The van der Waals surface area contributed by atoms with Crippen molar-refractivity contribution in [1.82, 2.24) is 0 Å². The fraction of sp³-hybridized carbons (Fsp3) is 0.467. The number of terminal acetylenes is 1. The van der Waals surface area contributed by atoms with E-state index in [0.717, 1.165) is 6.07 Å². The Labute approximate surface area is 127 Å². The summed E-state index contributed by atoms with van der Waals surface area (Å²) in [5.41, 5.74) is 1.70. The molecule has 1 aromatic carbocycles. The molecular weight excluding hydrogens is 303 g/mol. The second-order valence-corrected chi connectivity index (χ2v) is 4.74. The normalized spacial score (nSPS) is 17.2. The summed E-state index contributed by atoms with van der Waals surface area (Å²) in [6.07, 6.45) is 7.36. The highest BCUT2D eigenvalue weighted by molar-refractivity contribution is 6.15. The Morgan fingerprint density at radius 1 is 1.43 bits per heavy atom. The molecule has 2 rings (SSSR count). The van der Waals surface area contributed by atoms with Gasteiger partial charge in [0, 0.05) is 24.4 Å². The average Bonchev–Trinajstić information content (AvgIpc) is 3.33. The first-order valence-corrected chi connectivity index (χ1v) is 7.07. The molecule has 0 heterocycles. The summed E-state index contributed by atoms with van der Waals surface area (Å²) in [5, 5.41) is 10.0. The van der Waals surface area contributed by atoms with Gasteiger partial charge in [-0.2, -0.15) is 8.78 Å². The van der Waals surface area contributed by atoms with E-state index in [-0.39, 0.29) is 12.1 Å². The zero-order valence-corrected chi connectivity index (χ0v) is 12.3. The molecule has 116 valence electrons. The van der Waals surface area contributed by atoms with E-state index >= 15 is 0 Å². The van der Waals surface area contributed by atoms with Crippen molar-refractivity contribution in [3.8, 4) is 12.3 Å². The number of hydrogen-bond donors (Lipinski definition) is 2. The zero-order chi connectivity index (χ0) is 16.3. The summed E-state index contributed by atoms with van der Waals surface area (Å²) in [4.78, 5) is 0. The standard InChI is InChI=1S/C14H14F3NO.CH3Cl/c1-2-13(19,10-6-7-10)14(16,17)11-5-3-4-9(8-18)12(11)15;1-2/h1,3-5,10,19H,6-8,18H2;1H3. The van der Waals surface area contributed by atoms with Gasteiger partial charge in [0.15, 0.2) is 5.60 Å². The van der Waals surface area contributed by atoms with Gasteiger partial charge in [-0.05, 0) is 18.9 Å². The number of aliphatic hydroxyl groups is 1. The van der Waals surface area contributed by atoms with Crippen LogP contribution in [0.25, 0.3) is 0 Å². The Kier molecular flexibility index (Phi) is 5.68. The minimum absolute atomic E-state index is 0.0349. The molecule has 1 aliphatic carbocycles. The lowest BCUT2D eigenvalue weighted by Crippen LogP contribution is -2.47. The van der Waals surface area contributed by atoms with E-state index in [1.165, 1.54) is 18.5 Å². The van der Waals surface area contributed by atoms with Crippen molar-refractivity contribution < 1.29 is 18.3 Å². The fourth-order valence-corrected chi connectivity index (χ4v) is 2.15. The summed E-state index contributed by atoms with van der Waals surface area (Å²) in [7, 11) is 0. The molecule has 2 nitrogen and oxygen atoms in total. The molecule has 1 aliphatic rings. The van der Waals surface area contributed by atoms with Gasteiger partial charge in [0.2, 0.25) is 0 Å². The van der Waals surface area contributed by atoms with E-state index in [4.69, 9.17) is 12.2 Å². The van der Waals surface area contributed by atoms with Crippen LogP contribution in [0.2, 0.25) is 0 Å². The van der Waals surface area contributed by atoms with Crippen LogP contribution in [0, 0.1) is 24.1 Å². The van der Waals surface area contributed by atoms with Crippen LogP contribution in [0.3, 0.4) is 0 Å². The van der Waals surface area contributed by atoms with Crippen LogP contribution in [-0.4, -0.2) is 17.1 Å². The number of nitrogens with two attached hydrogens (primary N) is 1. The van der Waals surface area contributed by atoms with Crippen molar-refractivity contribution >= 4 is 11.6 Å². The second kappa shape index (κ2) is 6.69. The van der Waals surface area contributed by atoms with E-state index in [1.54, 1.807) is 5.92 Å². The smallest absolute Gasteiger partial charge is 0.315 e. The molecule has 0 amide bonds. The first-order chi connectivity index (χ1) is 9.88. The monoisotopic (exact) mass is 319 g/mol. The van der Waals surface area contributed by atoms with Crippen LogP contribution in [-0.2, 0) is 12.5 Å². The second-order valence-electron chi connectivity index (χ2n) is 4.74. The predicted molar refractivity (Wildman–Crippen MR) is 76.5 cm³/mol. The molecule has 1 fully saturated rings. The van der Waals surface area contributed by atoms with Crippen molar-refractivity contribution in [2.75, 3.05) is 6.38 Å². The predicted octanol–water partition coefficient (Wildman–Crippen LogP) is 3.01. The summed E-state index contributed by atoms with van der Waals surface area (Å²) in [6.45, 7) is -0.201. The third-order valence-corrected chi connectivity index (χ3v) is 3.50. The summed E-state index contributed by atoms with van der Waals surface area (Å²) < 4.78 is 42.8. The number of benzene rings is 1. The molecular formula is C15H17ClF3NO. The number of rotatable bonds is 4. The van der Waals surface area contributed by atoms with Gasteiger partial charge in [-0.1, -0.05) is 18.1 Å². The summed E-state index contributed by atoms with van der Waals surface area (Å²) in [5.74, 6) is -3.91. The molecule has 3 N–H and O–H groups in total. The molecule has 0 spiro atoms. The van der Waals surface area contributed by atoms with Gasteiger partial charge in [0.25, 0.3) is 0 Å². The average molecular weight is 320 g/mol. The van der Waals surface area contributed by atoms with E-state index in [1.807, 2.05) is 0 Å². The Bertz CT molecular complexity index is 540. The Balaban J connectivity index is 0.00000106. The fourth-order valence-electron chi connectivity index (χ4n) is 2.15. The van der Waals surface area contributed by atoms with Gasteiger partial charge < -0.3 is 10.8 Å². The van der Waals surface area contributed by atoms with Crippen molar-refractivity contribution in [2.24, 2.45) is 11.7 Å². The summed E-state index contributed by atoms with van der Waals surface area (Å²) >= 11 is 4.64. The Morgan fingerprint density at radius 3 is 2.43 bits per heavy atom. The molecule has 0 radical (unpaired) electrons. The maximum atomic E-state index is 14.4. The summed E-state index contributed by atoms with van der Waals surface area (Å²) in [6, 6.07) is 3.53. The maximum Gasteiger partial charge on any atom is 0.315 e. The molecule has 0 bridgehead atoms. The van der Waals surface area contributed by atoms with Crippen molar-refractivity contribution in [3.63, 3.8) is 0 Å². The van der Waals surface area contributed by atoms with Crippen LogP contribution in [0.4, 0.5) is 13.2 Å². The van der Waals surface area contributed by atoms with Gasteiger partial charge in [0.1, 0.15) is 5.82 Å². The lowest BCUT2D eigenvalue weighted by atomic mass is 9.85. The van der Waals surface area contributed by atoms with Gasteiger partial charge in [-0.25, -0.2) is 4.39 Å². The maximum absolute atomic E-state index is 14.4. The minimum Gasteiger partial charge on any atom is -0.371 e. The van der Waals surface area contributed by atoms with E-state index in [0.29, 0.717) is 12.8 Å². The number of alkyl halides is 3. The van der Waals surface area contributed by atoms with E-state index in [9.17, 15) is 18.3 Å². The SMILES string of the molecule is C#CC(O)(C1CC1)C(F)(F)c1cccc(CN)c1F.CCl. The number of halogens is 4. The Hall–Kier alpha value is -1.22. The van der Waals surface area contributed by atoms with Crippen LogP contribution in [0.1, 0.15) is 24.0 Å². The molecule has 0 saturated heterocycles. The molecule has 1 atom stereocenters. The first kappa shape index (κ1) is 17.8. The first-order valence-electron chi connectivity index (χ1n) is 6.32. The van der Waals surface area contributed by atoms with Crippen molar-refractivity contribution in [3.05, 3.63) is 35.1 Å².